The van der Waals surface area contributed by atoms with Crippen molar-refractivity contribution in [1.82, 2.24) is 9.78 Å². The van der Waals surface area contributed by atoms with Gasteiger partial charge in [0.2, 0.25) is 0 Å². The average Bonchev–Trinajstić information content (AvgIpc) is 2.85. The molecule has 1 N–H and O–H groups in total. The van der Waals surface area contributed by atoms with Gasteiger partial charge in [-0.15, -0.1) is 0 Å². The number of aryl methyl sites for hydroxylation is 1. The monoisotopic (exact) mass is 262 g/mol. The number of rotatable bonds is 6. The zero-order valence-electron chi connectivity index (χ0n) is 10.4. The van der Waals surface area contributed by atoms with E-state index < -0.39 is 5.97 Å². The van der Waals surface area contributed by atoms with Gasteiger partial charge in [-0.3, -0.25) is 9.48 Å². The molecule has 0 amide bonds. The highest BCUT2D eigenvalue weighted by molar-refractivity contribution is 5.66. The molecule has 6 nitrogen and oxygen atoms in total. The summed E-state index contributed by atoms with van der Waals surface area (Å²) in [5.41, 5.74) is 0. The topological polar surface area (TPSA) is 73.6 Å². The number of carbonyl (C=O) groups is 1. The van der Waals surface area contributed by atoms with Gasteiger partial charge >= 0.3 is 5.97 Å². The second kappa shape index (κ2) is 5.90. The molecule has 0 bridgehead atoms. The van der Waals surface area contributed by atoms with E-state index in [0.717, 1.165) is 0 Å². The SMILES string of the molecule is COc1ccccc1Oc1cnn(CCC(=O)O)c1. The van der Waals surface area contributed by atoms with Crippen molar-refractivity contribution in [1.29, 1.82) is 0 Å². The molecule has 1 aromatic carbocycles. The van der Waals surface area contributed by atoms with E-state index in [1.807, 2.05) is 12.1 Å². The van der Waals surface area contributed by atoms with Gasteiger partial charge in [0, 0.05) is 0 Å². The second-order valence-corrected chi connectivity index (χ2v) is 3.84. The van der Waals surface area contributed by atoms with Crippen LogP contribution in [0, 0.1) is 0 Å². The van der Waals surface area contributed by atoms with Crippen molar-refractivity contribution in [3.8, 4) is 17.2 Å². The third-order valence-electron chi connectivity index (χ3n) is 2.46. The van der Waals surface area contributed by atoms with E-state index in [4.69, 9.17) is 14.6 Å². The normalized spacial score (nSPS) is 10.2. The van der Waals surface area contributed by atoms with Crippen LogP contribution in [-0.2, 0) is 11.3 Å². The van der Waals surface area contributed by atoms with Crippen LogP contribution in [0.3, 0.4) is 0 Å². The van der Waals surface area contributed by atoms with Gasteiger partial charge in [0.25, 0.3) is 0 Å². The van der Waals surface area contributed by atoms with Crippen LogP contribution in [0.2, 0.25) is 0 Å². The number of nitrogens with zero attached hydrogens (tertiary/aromatic N) is 2. The third-order valence-corrected chi connectivity index (χ3v) is 2.46. The number of aromatic nitrogens is 2. The maximum atomic E-state index is 10.5. The number of aliphatic carboxylic acids is 1. The summed E-state index contributed by atoms with van der Waals surface area (Å²) in [6.45, 7) is 0.310. The van der Waals surface area contributed by atoms with E-state index in [9.17, 15) is 4.79 Å². The number of para-hydroxylation sites is 2. The van der Waals surface area contributed by atoms with Crippen molar-refractivity contribution in [2.24, 2.45) is 0 Å². The van der Waals surface area contributed by atoms with Gasteiger partial charge in [-0.25, -0.2) is 0 Å². The third kappa shape index (κ3) is 3.48. The Balaban J connectivity index is 2.05. The van der Waals surface area contributed by atoms with Crippen LogP contribution in [0.1, 0.15) is 6.42 Å². The Hall–Kier alpha value is -2.50. The summed E-state index contributed by atoms with van der Waals surface area (Å²) in [7, 11) is 1.57. The summed E-state index contributed by atoms with van der Waals surface area (Å²) in [5, 5.41) is 12.6. The lowest BCUT2D eigenvalue weighted by molar-refractivity contribution is -0.137. The number of carboxylic acid groups (broad SMARTS) is 1. The Morgan fingerprint density at radius 3 is 2.79 bits per heavy atom. The molecule has 1 aromatic heterocycles. The maximum absolute atomic E-state index is 10.5. The minimum atomic E-state index is -0.859. The second-order valence-electron chi connectivity index (χ2n) is 3.84. The first-order valence-corrected chi connectivity index (χ1v) is 5.74. The Labute approximate surface area is 110 Å². The summed E-state index contributed by atoms with van der Waals surface area (Å²) < 4.78 is 12.3. The molecule has 0 fully saturated rings. The first-order valence-electron chi connectivity index (χ1n) is 5.74. The molecule has 100 valence electrons. The maximum Gasteiger partial charge on any atom is 0.305 e. The number of hydrogen-bond acceptors (Lipinski definition) is 4. The molecule has 0 aliphatic heterocycles. The molecular weight excluding hydrogens is 248 g/mol. The predicted molar refractivity (Wildman–Crippen MR) is 67.5 cm³/mol. The molecule has 0 aliphatic rings. The van der Waals surface area contributed by atoms with E-state index in [1.165, 1.54) is 10.9 Å². The van der Waals surface area contributed by atoms with Gasteiger partial charge in [-0.05, 0) is 12.1 Å². The van der Waals surface area contributed by atoms with Crippen LogP contribution in [0.25, 0.3) is 0 Å². The molecule has 0 saturated carbocycles. The number of methoxy groups -OCH3 is 1. The van der Waals surface area contributed by atoms with E-state index in [2.05, 4.69) is 5.10 Å². The quantitative estimate of drug-likeness (QED) is 0.863. The molecule has 2 aromatic rings. The van der Waals surface area contributed by atoms with Crippen LogP contribution >= 0.6 is 0 Å². The predicted octanol–water partition coefficient (Wildman–Crippen LogP) is 2.16. The molecular formula is C13H14N2O4. The van der Waals surface area contributed by atoms with E-state index in [0.29, 0.717) is 23.8 Å². The fraction of sp³-hybridized carbons (Fsp3) is 0.231. The molecule has 0 unspecified atom stereocenters. The van der Waals surface area contributed by atoms with Crippen LogP contribution in [-0.4, -0.2) is 28.0 Å². The molecule has 0 atom stereocenters. The summed E-state index contributed by atoms with van der Waals surface area (Å²) >= 11 is 0. The van der Waals surface area contributed by atoms with Crippen molar-refractivity contribution in [3.63, 3.8) is 0 Å². The Kier molecular flexibility index (Phi) is 4.02. The van der Waals surface area contributed by atoms with Crippen molar-refractivity contribution >= 4 is 5.97 Å². The minimum Gasteiger partial charge on any atom is -0.493 e. The van der Waals surface area contributed by atoms with Crippen LogP contribution < -0.4 is 9.47 Å². The number of benzene rings is 1. The smallest absolute Gasteiger partial charge is 0.305 e. The minimum absolute atomic E-state index is 0.0236. The average molecular weight is 262 g/mol. The van der Waals surface area contributed by atoms with Crippen LogP contribution in [0.5, 0.6) is 17.2 Å². The zero-order valence-corrected chi connectivity index (χ0v) is 10.4. The van der Waals surface area contributed by atoms with E-state index in [1.54, 1.807) is 25.4 Å². The Bertz CT molecular complexity index is 565. The molecule has 0 aliphatic carbocycles. The largest absolute Gasteiger partial charge is 0.493 e. The fourth-order valence-corrected chi connectivity index (χ4v) is 1.56. The first-order chi connectivity index (χ1) is 9.19. The summed E-state index contributed by atoms with van der Waals surface area (Å²) in [6, 6.07) is 7.27. The van der Waals surface area contributed by atoms with Crippen molar-refractivity contribution in [2.75, 3.05) is 7.11 Å². The highest BCUT2D eigenvalue weighted by Gasteiger charge is 2.07. The molecule has 1 heterocycles. The van der Waals surface area contributed by atoms with Crippen molar-refractivity contribution < 1.29 is 19.4 Å². The Morgan fingerprint density at radius 2 is 2.11 bits per heavy atom. The summed E-state index contributed by atoms with van der Waals surface area (Å²) in [5.74, 6) is 0.890. The molecule has 0 saturated heterocycles. The van der Waals surface area contributed by atoms with Crippen LogP contribution in [0.15, 0.2) is 36.7 Å². The Morgan fingerprint density at radius 1 is 1.37 bits per heavy atom. The van der Waals surface area contributed by atoms with Crippen molar-refractivity contribution in [2.45, 2.75) is 13.0 Å². The summed E-state index contributed by atoms with van der Waals surface area (Å²) in [4.78, 5) is 10.5. The van der Waals surface area contributed by atoms with Gasteiger partial charge < -0.3 is 14.6 Å². The zero-order chi connectivity index (χ0) is 13.7. The molecule has 0 radical (unpaired) electrons. The highest BCUT2D eigenvalue weighted by Crippen LogP contribution is 2.30. The number of carboxylic acids is 1. The highest BCUT2D eigenvalue weighted by atomic mass is 16.5. The van der Waals surface area contributed by atoms with Gasteiger partial charge in [0.05, 0.1) is 32.5 Å². The van der Waals surface area contributed by atoms with Crippen LogP contribution in [0.4, 0.5) is 0 Å². The fourth-order valence-electron chi connectivity index (χ4n) is 1.56. The lowest BCUT2D eigenvalue weighted by atomic mass is 10.3. The van der Waals surface area contributed by atoms with E-state index in [-0.39, 0.29) is 6.42 Å². The summed E-state index contributed by atoms with van der Waals surface area (Å²) in [6.07, 6.45) is 3.21. The van der Waals surface area contributed by atoms with Gasteiger partial charge in [-0.1, -0.05) is 12.1 Å². The van der Waals surface area contributed by atoms with Gasteiger partial charge in [0.15, 0.2) is 17.2 Å². The molecule has 19 heavy (non-hydrogen) atoms. The molecule has 6 heteroatoms. The van der Waals surface area contributed by atoms with E-state index >= 15 is 0 Å². The lowest BCUT2D eigenvalue weighted by Crippen LogP contribution is -2.04. The van der Waals surface area contributed by atoms with Crippen molar-refractivity contribution in [3.05, 3.63) is 36.7 Å². The van der Waals surface area contributed by atoms with Gasteiger partial charge in [-0.2, -0.15) is 5.10 Å². The molecule has 2 rings (SSSR count). The number of ether oxygens (including phenoxy) is 2. The lowest BCUT2D eigenvalue weighted by Gasteiger charge is -2.07. The standard InChI is InChI=1S/C13H14N2O4/c1-18-11-4-2-3-5-12(11)19-10-8-14-15(9-10)7-6-13(16)17/h2-5,8-9H,6-7H2,1H3,(H,16,17). The number of hydrogen-bond donors (Lipinski definition) is 1. The first kappa shape index (κ1) is 12.9. The van der Waals surface area contributed by atoms with Gasteiger partial charge in [0.1, 0.15) is 0 Å². The molecule has 0 spiro atoms.